The Morgan fingerprint density at radius 1 is 1.55 bits per heavy atom. The Labute approximate surface area is 79.3 Å². The van der Waals surface area contributed by atoms with Crippen LogP contribution in [0.25, 0.3) is 0 Å². The molecular formula is C7H4BBrClF. The lowest BCUT2D eigenvalue weighted by Crippen LogP contribution is -2.08. The van der Waals surface area contributed by atoms with Crippen LogP contribution < -0.4 is 5.46 Å². The summed E-state index contributed by atoms with van der Waals surface area (Å²) in [6.07, 6.45) is 0. The molecule has 0 aliphatic rings. The molecule has 0 aromatic heterocycles. The van der Waals surface area contributed by atoms with Crippen molar-refractivity contribution in [1.82, 2.24) is 0 Å². The Bertz CT molecular complexity index is 277. The zero-order valence-corrected chi connectivity index (χ0v) is 7.91. The molecule has 0 saturated carbocycles. The van der Waals surface area contributed by atoms with Crippen LogP contribution in [-0.4, -0.2) is 7.85 Å². The van der Waals surface area contributed by atoms with Gasteiger partial charge in [-0.15, -0.1) is 0 Å². The molecule has 2 radical (unpaired) electrons. The van der Waals surface area contributed by atoms with Gasteiger partial charge < -0.3 is 0 Å². The van der Waals surface area contributed by atoms with Gasteiger partial charge in [0.1, 0.15) is 13.7 Å². The van der Waals surface area contributed by atoms with E-state index in [2.05, 4.69) is 15.9 Å². The number of alkyl halides is 1. The SMILES string of the molecule is [B]c1cc(Cl)c(CBr)cc1F. The zero-order valence-electron chi connectivity index (χ0n) is 5.57. The molecule has 0 saturated heterocycles. The van der Waals surface area contributed by atoms with Gasteiger partial charge in [0, 0.05) is 10.4 Å². The Hall–Kier alpha value is -0.0151. The minimum absolute atomic E-state index is 0.0831. The normalized spacial score (nSPS) is 10.1. The highest BCUT2D eigenvalue weighted by Gasteiger charge is 2.03. The molecule has 1 aromatic carbocycles. The highest BCUT2D eigenvalue weighted by atomic mass is 79.9. The first kappa shape index (κ1) is 9.08. The summed E-state index contributed by atoms with van der Waals surface area (Å²) in [6, 6.07) is 2.74. The average Bonchev–Trinajstić information content (AvgIpc) is 1.97. The van der Waals surface area contributed by atoms with E-state index in [9.17, 15) is 4.39 Å². The number of halogens is 3. The third-order valence-electron chi connectivity index (χ3n) is 1.31. The molecule has 0 heterocycles. The monoisotopic (exact) mass is 232 g/mol. The molecule has 0 aliphatic carbocycles. The first-order valence-electron chi connectivity index (χ1n) is 2.94. The number of hydrogen-bond acceptors (Lipinski definition) is 0. The lowest BCUT2D eigenvalue weighted by atomic mass is 9.94. The largest absolute Gasteiger partial charge is 0.208 e. The van der Waals surface area contributed by atoms with Crippen molar-refractivity contribution in [2.45, 2.75) is 5.33 Å². The van der Waals surface area contributed by atoms with Gasteiger partial charge in [-0.25, -0.2) is 4.39 Å². The van der Waals surface area contributed by atoms with Crippen molar-refractivity contribution in [2.24, 2.45) is 0 Å². The van der Waals surface area contributed by atoms with Gasteiger partial charge in [0.2, 0.25) is 0 Å². The van der Waals surface area contributed by atoms with Gasteiger partial charge in [0.25, 0.3) is 0 Å². The highest BCUT2D eigenvalue weighted by molar-refractivity contribution is 9.08. The average molecular weight is 233 g/mol. The zero-order chi connectivity index (χ0) is 8.43. The van der Waals surface area contributed by atoms with Gasteiger partial charge in [-0.3, -0.25) is 0 Å². The van der Waals surface area contributed by atoms with Crippen LogP contribution in [0.5, 0.6) is 0 Å². The minimum Gasteiger partial charge on any atom is -0.208 e. The van der Waals surface area contributed by atoms with Crippen molar-refractivity contribution in [2.75, 3.05) is 0 Å². The highest BCUT2D eigenvalue weighted by Crippen LogP contribution is 2.17. The molecule has 0 atom stereocenters. The van der Waals surface area contributed by atoms with Crippen molar-refractivity contribution in [3.8, 4) is 0 Å². The summed E-state index contributed by atoms with van der Waals surface area (Å²) in [5.74, 6) is -0.427. The Morgan fingerprint density at radius 2 is 2.18 bits per heavy atom. The van der Waals surface area contributed by atoms with Gasteiger partial charge >= 0.3 is 0 Å². The summed E-state index contributed by atoms with van der Waals surface area (Å²) in [5, 5.41) is 1.02. The van der Waals surface area contributed by atoms with Crippen LogP contribution in [0.3, 0.4) is 0 Å². The summed E-state index contributed by atoms with van der Waals surface area (Å²) in [4.78, 5) is 0. The predicted octanol–water partition coefficient (Wildman–Crippen LogP) is 2.17. The van der Waals surface area contributed by atoms with Gasteiger partial charge in [-0.2, -0.15) is 0 Å². The molecule has 0 aliphatic heterocycles. The van der Waals surface area contributed by atoms with E-state index in [0.717, 1.165) is 0 Å². The van der Waals surface area contributed by atoms with Crippen molar-refractivity contribution >= 4 is 40.8 Å². The maximum atomic E-state index is 12.7. The second-order valence-electron chi connectivity index (χ2n) is 2.10. The minimum atomic E-state index is -0.427. The molecule has 4 heteroatoms. The van der Waals surface area contributed by atoms with Crippen LogP contribution in [-0.2, 0) is 5.33 Å². The van der Waals surface area contributed by atoms with Crippen LogP contribution >= 0.6 is 27.5 Å². The third-order valence-corrected chi connectivity index (χ3v) is 2.27. The first-order valence-corrected chi connectivity index (χ1v) is 4.44. The molecule has 0 fully saturated rings. The van der Waals surface area contributed by atoms with Crippen LogP contribution in [0, 0.1) is 5.82 Å². The summed E-state index contributed by atoms with van der Waals surface area (Å²) in [7, 11) is 5.27. The van der Waals surface area contributed by atoms with Crippen molar-refractivity contribution in [3.05, 3.63) is 28.5 Å². The molecule has 56 valence electrons. The number of hydrogen-bond donors (Lipinski definition) is 0. The van der Waals surface area contributed by atoms with Crippen LogP contribution in [0.15, 0.2) is 12.1 Å². The van der Waals surface area contributed by atoms with Crippen molar-refractivity contribution in [3.63, 3.8) is 0 Å². The van der Waals surface area contributed by atoms with Gasteiger partial charge in [-0.05, 0) is 17.7 Å². The Morgan fingerprint density at radius 3 is 2.73 bits per heavy atom. The summed E-state index contributed by atoms with van der Waals surface area (Å²) in [6.45, 7) is 0. The lowest BCUT2D eigenvalue weighted by molar-refractivity contribution is 0.635. The van der Waals surface area contributed by atoms with Gasteiger partial charge in [0.15, 0.2) is 0 Å². The maximum absolute atomic E-state index is 12.7. The fourth-order valence-corrected chi connectivity index (χ4v) is 1.57. The van der Waals surface area contributed by atoms with E-state index in [0.29, 0.717) is 15.9 Å². The van der Waals surface area contributed by atoms with Gasteiger partial charge in [-0.1, -0.05) is 33.0 Å². The van der Waals surface area contributed by atoms with Crippen LogP contribution in [0.2, 0.25) is 5.02 Å². The van der Waals surface area contributed by atoms with Crippen molar-refractivity contribution in [1.29, 1.82) is 0 Å². The third kappa shape index (κ3) is 1.97. The summed E-state index contributed by atoms with van der Waals surface area (Å²) < 4.78 is 12.7. The number of benzene rings is 1. The van der Waals surface area contributed by atoms with E-state index in [1.54, 1.807) is 0 Å². The standard InChI is InChI=1S/C7H4BBrClF/c8-5-2-6(10)4(3-9)1-7(5)11/h1-2H,3H2. The topological polar surface area (TPSA) is 0 Å². The molecule has 0 spiro atoms. The second-order valence-corrected chi connectivity index (χ2v) is 3.07. The molecule has 1 aromatic rings. The summed E-state index contributed by atoms with van der Waals surface area (Å²) >= 11 is 8.90. The Balaban J connectivity index is 3.21. The van der Waals surface area contributed by atoms with Crippen LogP contribution in [0.4, 0.5) is 4.39 Å². The fraction of sp³-hybridized carbons (Fsp3) is 0.143. The predicted molar refractivity (Wildman–Crippen MR) is 49.4 cm³/mol. The molecule has 0 nitrogen and oxygen atoms in total. The lowest BCUT2D eigenvalue weighted by Gasteiger charge is -2.02. The molecule has 1 rings (SSSR count). The van der Waals surface area contributed by atoms with E-state index in [-0.39, 0.29) is 5.46 Å². The molecule has 0 amide bonds. The molecule has 11 heavy (non-hydrogen) atoms. The Kier molecular flexibility index (Phi) is 2.96. The van der Waals surface area contributed by atoms with E-state index in [4.69, 9.17) is 19.4 Å². The quantitative estimate of drug-likeness (QED) is 0.515. The maximum Gasteiger partial charge on any atom is 0.117 e. The molecular weight excluding hydrogens is 229 g/mol. The number of rotatable bonds is 1. The molecule has 0 unspecified atom stereocenters. The second kappa shape index (κ2) is 3.59. The smallest absolute Gasteiger partial charge is 0.117 e. The fourth-order valence-electron chi connectivity index (χ4n) is 0.706. The van der Waals surface area contributed by atoms with E-state index in [1.807, 2.05) is 0 Å². The molecule has 0 N–H and O–H groups in total. The van der Waals surface area contributed by atoms with Gasteiger partial charge in [0.05, 0.1) is 0 Å². The van der Waals surface area contributed by atoms with Crippen molar-refractivity contribution < 1.29 is 4.39 Å². The van der Waals surface area contributed by atoms with E-state index >= 15 is 0 Å². The summed E-state index contributed by atoms with van der Waals surface area (Å²) in [5.41, 5.74) is 0.790. The molecule has 0 bridgehead atoms. The van der Waals surface area contributed by atoms with E-state index in [1.165, 1.54) is 12.1 Å². The van der Waals surface area contributed by atoms with E-state index < -0.39 is 5.82 Å². The first-order chi connectivity index (χ1) is 5.15. The van der Waals surface area contributed by atoms with Crippen LogP contribution in [0.1, 0.15) is 5.56 Å².